The number of nitrogens with zero attached hydrogens (tertiary/aromatic N) is 6. The molecule has 0 amide bonds. The van der Waals surface area contributed by atoms with Crippen LogP contribution in [0.4, 0.5) is 17.6 Å². The fourth-order valence-electron chi connectivity index (χ4n) is 2.51. The van der Waals surface area contributed by atoms with Crippen molar-refractivity contribution in [3.8, 4) is 5.69 Å². The molecule has 0 unspecified atom stereocenters. The SMILES string of the molecule is OCCNc1nc(Nc2ccncn2)nc2c1ncn2-c1ccccc1. The van der Waals surface area contributed by atoms with Gasteiger partial charge in [0.05, 0.1) is 6.61 Å². The van der Waals surface area contributed by atoms with Crippen LogP contribution >= 0.6 is 0 Å². The lowest BCUT2D eigenvalue weighted by Crippen LogP contribution is -2.10. The quantitative estimate of drug-likeness (QED) is 0.483. The lowest BCUT2D eigenvalue weighted by molar-refractivity contribution is 0.311. The molecule has 26 heavy (non-hydrogen) atoms. The second-order valence-corrected chi connectivity index (χ2v) is 5.39. The first-order valence-corrected chi connectivity index (χ1v) is 8.03. The van der Waals surface area contributed by atoms with Crippen LogP contribution in [0.25, 0.3) is 16.9 Å². The first-order chi connectivity index (χ1) is 12.8. The number of fused-ring (bicyclic) bond motifs is 1. The van der Waals surface area contributed by atoms with Crippen LogP contribution < -0.4 is 10.6 Å². The summed E-state index contributed by atoms with van der Waals surface area (Å²) >= 11 is 0. The molecule has 4 rings (SSSR count). The molecule has 3 heterocycles. The van der Waals surface area contributed by atoms with Crippen molar-refractivity contribution in [2.24, 2.45) is 0 Å². The van der Waals surface area contributed by atoms with Crippen LogP contribution in [0, 0.1) is 0 Å². The molecule has 0 aliphatic rings. The van der Waals surface area contributed by atoms with Crippen LogP contribution in [0.2, 0.25) is 0 Å². The van der Waals surface area contributed by atoms with Crippen molar-refractivity contribution in [3.63, 3.8) is 0 Å². The molecule has 130 valence electrons. The minimum atomic E-state index is -0.0143. The molecule has 0 fully saturated rings. The third kappa shape index (κ3) is 3.15. The Hall–Kier alpha value is -3.59. The fraction of sp³-hybridized carbons (Fsp3) is 0.118. The molecule has 0 spiro atoms. The van der Waals surface area contributed by atoms with Crippen molar-refractivity contribution in [3.05, 3.63) is 55.2 Å². The molecule has 4 aromatic rings. The number of para-hydroxylation sites is 1. The molecule has 0 aliphatic heterocycles. The first kappa shape index (κ1) is 15.9. The van der Waals surface area contributed by atoms with E-state index < -0.39 is 0 Å². The maximum absolute atomic E-state index is 9.12. The van der Waals surface area contributed by atoms with Crippen LogP contribution in [0.1, 0.15) is 0 Å². The van der Waals surface area contributed by atoms with Gasteiger partial charge in [-0.1, -0.05) is 18.2 Å². The molecular weight excluding hydrogens is 332 g/mol. The van der Waals surface area contributed by atoms with Crippen molar-refractivity contribution < 1.29 is 5.11 Å². The molecular formula is C17H16N8O. The Morgan fingerprint density at radius 3 is 2.69 bits per heavy atom. The molecule has 0 radical (unpaired) electrons. The van der Waals surface area contributed by atoms with Gasteiger partial charge < -0.3 is 15.7 Å². The van der Waals surface area contributed by atoms with Gasteiger partial charge in [0.2, 0.25) is 5.95 Å². The summed E-state index contributed by atoms with van der Waals surface area (Å²) in [6.45, 7) is 0.344. The molecule has 0 saturated carbocycles. The number of benzene rings is 1. The maximum Gasteiger partial charge on any atom is 0.232 e. The lowest BCUT2D eigenvalue weighted by Gasteiger charge is -2.09. The van der Waals surface area contributed by atoms with Crippen molar-refractivity contribution in [2.75, 3.05) is 23.8 Å². The smallest absolute Gasteiger partial charge is 0.232 e. The Labute approximate surface area is 148 Å². The summed E-state index contributed by atoms with van der Waals surface area (Å²) in [5, 5.41) is 15.3. The van der Waals surface area contributed by atoms with Crippen molar-refractivity contribution in [1.82, 2.24) is 29.5 Å². The Balaban J connectivity index is 1.82. The van der Waals surface area contributed by atoms with E-state index in [2.05, 4.69) is 35.6 Å². The summed E-state index contributed by atoms with van der Waals surface area (Å²) in [5.41, 5.74) is 2.20. The Bertz CT molecular complexity index is 1000. The molecule has 0 atom stereocenters. The van der Waals surface area contributed by atoms with Crippen molar-refractivity contribution in [1.29, 1.82) is 0 Å². The summed E-state index contributed by atoms with van der Waals surface area (Å²) in [4.78, 5) is 21.5. The van der Waals surface area contributed by atoms with Gasteiger partial charge in [-0.25, -0.2) is 15.0 Å². The Kier molecular flexibility index (Phi) is 4.35. The number of aliphatic hydroxyl groups excluding tert-OH is 1. The Morgan fingerprint density at radius 2 is 1.92 bits per heavy atom. The number of aromatic nitrogens is 6. The number of hydrogen-bond acceptors (Lipinski definition) is 8. The van der Waals surface area contributed by atoms with Gasteiger partial charge in [0, 0.05) is 18.4 Å². The van der Waals surface area contributed by atoms with Crippen LogP contribution in [0.3, 0.4) is 0 Å². The molecule has 3 N–H and O–H groups in total. The summed E-state index contributed by atoms with van der Waals surface area (Å²) in [6.07, 6.45) is 4.78. The third-order valence-electron chi connectivity index (χ3n) is 3.66. The van der Waals surface area contributed by atoms with E-state index in [1.54, 1.807) is 18.6 Å². The summed E-state index contributed by atoms with van der Waals surface area (Å²) in [6, 6.07) is 11.5. The number of rotatable bonds is 6. The van der Waals surface area contributed by atoms with E-state index in [1.165, 1.54) is 6.33 Å². The fourth-order valence-corrected chi connectivity index (χ4v) is 2.51. The van der Waals surface area contributed by atoms with E-state index in [9.17, 15) is 0 Å². The standard InChI is InChI=1S/C17H16N8O/c26-9-8-19-15-14-16(25(11-21-14)12-4-2-1-3-5-12)24-17(23-15)22-13-6-7-18-10-20-13/h1-7,10-11,26H,8-9H2,(H2,18,19,20,22,23,24). The van der Waals surface area contributed by atoms with Crippen molar-refractivity contribution in [2.45, 2.75) is 0 Å². The average molecular weight is 348 g/mol. The molecule has 3 aromatic heterocycles. The number of nitrogens with one attached hydrogen (secondary N) is 2. The topological polar surface area (TPSA) is 114 Å². The molecule has 1 aromatic carbocycles. The van der Waals surface area contributed by atoms with Crippen LogP contribution in [0.15, 0.2) is 55.2 Å². The third-order valence-corrected chi connectivity index (χ3v) is 3.66. The minimum Gasteiger partial charge on any atom is -0.395 e. The average Bonchev–Trinajstić information content (AvgIpc) is 3.12. The highest BCUT2D eigenvalue weighted by Crippen LogP contribution is 2.24. The van der Waals surface area contributed by atoms with Gasteiger partial charge >= 0.3 is 0 Å². The zero-order chi connectivity index (χ0) is 17.8. The first-order valence-electron chi connectivity index (χ1n) is 8.03. The molecule has 0 aliphatic carbocycles. The zero-order valence-electron chi connectivity index (χ0n) is 13.7. The van der Waals surface area contributed by atoms with E-state index in [4.69, 9.17) is 5.11 Å². The second-order valence-electron chi connectivity index (χ2n) is 5.39. The molecule has 9 nitrogen and oxygen atoms in total. The molecule has 9 heteroatoms. The second kappa shape index (κ2) is 7.11. The van der Waals surface area contributed by atoms with E-state index in [1.807, 2.05) is 34.9 Å². The number of anilines is 3. The van der Waals surface area contributed by atoms with E-state index in [-0.39, 0.29) is 6.61 Å². The lowest BCUT2D eigenvalue weighted by atomic mass is 10.3. The monoisotopic (exact) mass is 348 g/mol. The summed E-state index contributed by atoms with van der Waals surface area (Å²) < 4.78 is 1.88. The van der Waals surface area contributed by atoms with Crippen molar-refractivity contribution >= 4 is 28.7 Å². The van der Waals surface area contributed by atoms with E-state index in [0.29, 0.717) is 35.3 Å². The molecule has 0 saturated heterocycles. The predicted molar refractivity (Wildman–Crippen MR) is 97.6 cm³/mol. The largest absolute Gasteiger partial charge is 0.395 e. The zero-order valence-corrected chi connectivity index (χ0v) is 13.7. The minimum absolute atomic E-state index is 0.0143. The number of aliphatic hydroxyl groups is 1. The molecule has 0 bridgehead atoms. The summed E-state index contributed by atoms with van der Waals surface area (Å²) in [7, 11) is 0. The van der Waals surface area contributed by atoms with Gasteiger partial charge in [0.25, 0.3) is 0 Å². The van der Waals surface area contributed by atoms with Gasteiger partial charge in [0.15, 0.2) is 17.0 Å². The van der Waals surface area contributed by atoms with Gasteiger partial charge in [-0.2, -0.15) is 9.97 Å². The van der Waals surface area contributed by atoms with Gasteiger partial charge in [-0.3, -0.25) is 4.57 Å². The van der Waals surface area contributed by atoms with Gasteiger partial charge in [-0.05, 0) is 18.2 Å². The number of hydrogen-bond donors (Lipinski definition) is 3. The maximum atomic E-state index is 9.12. The normalized spacial score (nSPS) is 10.8. The van der Waals surface area contributed by atoms with Gasteiger partial charge in [0.1, 0.15) is 18.5 Å². The predicted octanol–water partition coefficient (Wildman–Crippen LogP) is 1.75. The highest BCUT2D eigenvalue weighted by Gasteiger charge is 2.14. The number of imidazole rings is 1. The highest BCUT2D eigenvalue weighted by atomic mass is 16.3. The Morgan fingerprint density at radius 1 is 1.04 bits per heavy atom. The van der Waals surface area contributed by atoms with Crippen LogP contribution in [0.5, 0.6) is 0 Å². The van der Waals surface area contributed by atoms with Crippen LogP contribution in [-0.2, 0) is 0 Å². The van der Waals surface area contributed by atoms with E-state index in [0.717, 1.165) is 5.69 Å². The summed E-state index contributed by atoms with van der Waals surface area (Å²) in [5.74, 6) is 1.49. The van der Waals surface area contributed by atoms with E-state index >= 15 is 0 Å². The van der Waals surface area contributed by atoms with Crippen LogP contribution in [-0.4, -0.2) is 47.7 Å². The highest BCUT2D eigenvalue weighted by molar-refractivity contribution is 5.85. The van der Waals surface area contributed by atoms with Gasteiger partial charge in [-0.15, -0.1) is 0 Å².